The Morgan fingerprint density at radius 3 is 2.58 bits per heavy atom. The maximum atomic E-state index is 9.79. The van der Waals surface area contributed by atoms with Crippen LogP contribution in [0.25, 0.3) is 33.2 Å². The van der Waals surface area contributed by atoms with Crippen LogP contribution in [0.2, 0.25) is 0 Å². The van der Waals surface area contributed by atoms with Crippen LogP contribution in [0.15, 0.2) is 36.7 Å². The summed E-state index contributed by atoms with van der Waals surface area (Å²) in [5.74, 6) is 1.43. The molecule has 7 heteroatoms. The number of piperidine rings is 1. The molecule has 1 aliphatic heterocycles. The molecule has 0 unspecified atom stereocenters. The molecule has 1 saturated heterocycles. The molecule has 2 N–H and O–H groups in total. The number of aromatic nitrogens is 3. The predicted octanol–water partition coefficient (Wildman–Crippen LogP) is 3.70. The molecule has 1 fully saturated rings. The van der Waals surface area contributed by atoms with Crippen molar-refractivity contribution in [1.82, 2.24) is 19.4 Å². The van der Waals surface area contributed by atoms with E-state index in [0.29, 0.717) is 5.75 Å². The highest BCUT2D eigenvalue weighted by Crippen LogP contribution is 2.38. The Labute approximate surface area is 181 Å². The van der Waals surface area contributed by atoms with Gasteiger partial charge in [0.2, 0.25) is 0 Å². The lowest BCUT2D eigenvalue weighted by Gasteiger charge is -2.29. The molecule has 7 nitrogen and oxygen atoms in total. The zero-order valence-electron chi connectivity index (χ0n) is 18.2. The minimum absolute atomic E-state index is 0.158. The fourth-order valence-electron chi connectivity index (χ4n) is 4.61. The Bertz CT molecular complexity index is 1230. The molecule has 1 aliphatic rings. The molecule has 1 aromatic carbocycles. The number of nitrogens with one attached hydrogen (secondary N) is 1. The lowest BCUT2D eigenvalue weighted by atomic mass is 10.1. The second-order valence-electron chi connectivity index (χ2n) is 8.30. The van der Waals surface area contributed by atoms with Crippen molar-refractivity contribution in [2.45, 2.75) is 25.5 Å². The molecule has 0 spiro atoms. The van der Waals surface area contributed by atoms with E-state index in [2.05, 4.69) is 37.8 Å². The number of nitrogens with zero attached hydrogens (tertiary/aromatic N) is 3. The van der Waals surface area contributed by atoms with E-state index in [1.165, 1.54) is 5.56 Å². The quantitative estimate of drug-likeness (QED) is 0.515. The van der Waals surface area contributed by atoms with Crippen LogP contribution in [0.4, 0.5) is 0 Å². The van der Waals surface area contributed by atoms with Crippen molar-refractivity contribution in [3.63, 3.8) is 0 Å². The van der Waals surface area contributed by atoms with E-state index in [9.17, 15) is 5.11 Å². The van der Waals surface area contributed by atoms with E-state index in [1.54, 1.807) is 14.2 Å². The topological polar surface area (TPSA) is 75.5 Å². The van der Waals surface area contributed by atoms with Crippen LogP contribution < -0.4 is 9.47 Å². The van der Waals surface area contributed by atoms with Crippen molar-refractivity contribution in [2.24, 2.45) is 7.05 Å². The summed E-state index contributed by atoms with van der Waals surface area (Å²) >= 11 is 0. The number of methoxy groups -OCH3 is 2. The van der Waals surface area contributed by atoms with E-state index < -0.39 is 0 Å². The van der Waals surface area contributed by atoms with Gasteiger partial charge in [0, 0.05) is 67.2 Å². The minimum Gasteiger partial charge on any atom is -0.493 e. The normalized spacial score (nSPS) is 15.7. The summed E-state index contributed by atoms with van der Waals surface area (Å²) in [6, 6.07) is 8.33. The maximum absolute atomic E-state index is 9.79. The van der Waals surface area contributed by atoms with Crippen LogP contribution in [0.1, 0.15) is 18.4 Å². The van der Waals surface area contributed by atoms with Crippen molar-refractivity contribution in [2.75, 3.05) is 27.3 Å². The largest absolute Gasteiger partial charge is 0.493 e. The third-order valence-electron chi connectivity index (χ3n) is 6.36. The van der Waals surface area contributed by atoms with Crippen molar-refractivity contribution < 1.29 is 14.6 Å². The maximum Gasteiger partial charge on any atom is 0.162 e. The number of aromatic amines is 1. The number of pyridine rings is 1. The molecule has 31 heavy (non-hydrogen) atoms. The molecule has 0 amide bonds. The highest BCUT2D eigenvalue weighted by molar-refractivity contribution is 5.99. The number of aliphatic hydroxyl groups excluding tert-OH is 1. The smallest absolute Gasteiger partial charge is 0.162 e. The van der Waals surface area contributed by atoms with Gasteiger partial charge >= 0.3 is 0 Å². The zero-order chi connectivity index (χ0) is 21.5. The fraction of sp³-hybridized carbons (Fsp3) is 0.375. The molecule has 162 valence electrons. The molecule has 0 radical (unpaired) electrons. The SMILES string of the molecule is COc1cc2c(-c3cc4c(CN5CCC(O)CC5)ccnc4[nH]3)cn(C)c2cc1OC. The summed E-state index contributed by atoms with van der Waals surface area (Å²) in [5, 5.41) is 12.0. The standard InChI is InChI=1S/C24H28N4O3/c1-27-14-19(18-11-22(30-2)23(31-3)12-21(18)27)20-10-17-15(4-7-25-24(17)26-20)13-28-8-5-16(29)6-9-28/h4,7,10-12,14,16,29H,5-6,8-9,13H2,1-3H3,(H,25,26). The molecular weight excluding hydrogens is 392 g/mol. The first kappa shape index (κ1) is 19.9. The van der Waals surface area contributed by atoms with Gasteiger partial charge < -0.3 is 24.1 Å². The third kappa shape index (κ3) is 3.54. The number of aryl methyl sites for hydroxylation is 1. The lowest BCUT2D eigenvalue weighted by molar-refractivity contribution is 0.0794. The number of hydrogen-bond donors (Lipinski definition) is 2. The molecule has 3 aromatic heterocycles. The van der Waals surface area contributed by atoms with Gasteiger partial charge in [0.05, 0.1) is 25.8 Å². The third-order valence-corrected chi connectivity index (χ3v) is 6.36. The van der Waals surface area contributed by atoms with E-state index in [4.69, 9.17) is 9.47 Å². The molecule has 4 heterocycles. The summed E-state index contributed by atoms with van der Waals surface area (Å²) in [6.07, 6.45) is 5.52. The molecule has 0 bridgehead atoms. The highest BCUT2D eigenvalue weighted by atomic mass is 16.5. The highest BCUT2D eigenvalue weighted by Gasteiger charge is 2.20. The van der Waals surface area contributed by atoms with Crippen LogP contribution in [0, 0.1) is 0 Å². The number of benzene rings is 1. The number of H-pyrrole nitrogens is 1. The predicted molar refractivity (Wildman–Crippen MR) is 122 cm³/mol. The molecule has 0 atom stereocenters. The molecule has 4 aromatic rings. The number of rotatable bonds is 5. The van der Waals surface area contributed by atoms with Gasteiger partial charge in [-0.15, -0.1) is 0 Å². The number of hydrogen-bond acceptors (Lipinski definition) is 5. The average molecular weight is 421 g/mol. The number of likely N-dealkylation sites (tertiary alicyclic amines) is 1. The van der Waals surface area contributed by atoms with Gasteiger partial charge in [-0.3, -0.25) is 4.90 Å². The zero-order valence-corrected chi connectivity index (χ0v) is 18.2. The Balaban J connectivity index is 1.56. The van der Waals surface area contributed by atoms with Gasteiger partial charge in [0.25, 0.3) is 0 Å². The fourth-order valence-corrected chi connectivity index (χ4v) is 4.61. The first-order chi connectivity index (χ1) is 15.1. The van der Waals surface area contributed by atoms with Crippen molar-refractivity contribution in [3.8, 4) is 22.8 Å². The van der Waals surface area contributed by atoms with Crippen LogP contribution in [0.5, 0.6) is 11.5 Å². The number of aliphatic hydroxyl groups is 1. The van der Waals surface area contributed by atoms with Gasteiger partial charge in [-0.1, -0.05) is 0 Å². The van der Waals surface area contributed by atoms with Crippen molar-refractivity contribution in [3.05, 3.63) is 42.2 Å². The van der Waals surface area contributed by atoms with Gasteiger partial charge in [-0.05, 0) is 36.6 Å². The Morgan fingerprint density at radius 1 is 1.10 bits per heavy atom. The minimum atomic E-state index is -0.158. The van der Waals surface area contributed by atoms with Crippen LogP contribution in [-0.4, -0.2) is 58.0 Å². The first-order valence-corrected chi connectivity index (χ1v) is 10.7. The van der Waals surface area contributed by atoms with E-state index in [1.807, 2.05) is 25.4 Å². The Kier molecular flexibility index (Phi) is 5.08. The average Bonchev–Trinajstić information content (AvgIpc) is 3.36. The van der Waals surface area contributed by atoms with Crippen LogP contribution in [-0.2, 0) is 13.6 Å². The van der Waals surface area contributed by atoms with Gasteiger partial charge in [0.1, 0.15) is 5.65 Å². The first-order valence-electron chi connectivity index (χ1n) is 10.7. The monoisotopic (exact) mass is 420 g/mol. The van der Waals surface area contributed by atoms with Crippen molar-refractivity contribution >= 4 is 21.9 Å². The summed E-state index contributed by atoms with van der Waals surface area (Å²) in [7, 11) is 5.35. The molecule has 5 rings (SSSR count). The second-order valence-corrected chi connectivity index (χ2v) is 8.30. The summed E-state index contributed by atoms with van der Waals surface area (Å²) in [4.78, 5) is 10.5. The van der Waals surface area contributed by atoms with Gasteiger partial charge in [-0.25, -0.2) is 4.98 Å². The van der Waals surface area contributed by atoms with Crippen molar-refractivity contribution in [1.29, 1.82) is 0 Å². The van der Waals surface area contributed by atoms with Crippen LogP contribution in [0.3, 0.4) is 0 Å². The molecular formula is C24H28N4O3. The van der Waals surface area contributed by atoms with Gasteiger partial charge in [-0.2, -0.15) is 0 Å². The van der Waals surface area contributed by atoms with Gasteiger partial charge in [0.15, 0.2) is 11.5 Å². The lowest BCUT2D eigenvalue weighted by Crippen LogP contribution is -2.35. The number of ether oxygens (including phenoxy) is 2. The second kappa shape index (κ2) is 7.90. The molecule has 0 saturated carbocycles. The Morgan fingerprint density at radius 2 is 1.84 bits per heavy atom. The number of fused-ring (bicyclic) bond motifs is 2. The Hall–Kier alpha value is -3.03. The van der Waals surface area contributed by atoms with E-state index in [-0.39, 0.29) is 6.10 Å². The van der Waals surface area contributed by atoms with E-state index in [0.717, 1.165) is 71.4 Å². The molecule has 0 aliphatic carbocycles. The summed E-state index contributed by atoms with van der Waals surface area (Å²) < 4.78 is 13.1. The summed E-state index contributed by atoms with van der Waals surface area (Å²) in [6.45, 7) is 2.71. The summed E-state index contributed by atoms with van der Waals surface area (Å²) in [5.41, 5.74) is 5.35. The van der Waals surface area contributed by atoms with E-state index >= 15 is 0 Å². The van der Waals surface area contributed by atoms with Crippen LogP contribution >= 0.6 is 0 Å².